The van der Waals surface area contributed by atoms with Gasteiger partial charge >= 0.3 is 0 Å². The number of nitrogens with zero attached hydrogens (tertiary/aromatic N) is 3. The maximum Gasteiger partial charge on any atom is 0.125 e. The Morgan fingerprint density at radius 3 is 2.30 bits per heavy atom. The Morgan fingerprint density at radius 1 is 0.870 bits per heavy atom. The van der Waals surface area contributed by atoms with Gasteiger partial charge in [-0.1, -0.05) is 12.1 Å². The van der Waals surface area contributed by atoms with Crippen LogP contribution in [0.3, 0.4) is 0 Å². The van der Waals surface area contributed by atoms with E-state index >= 15 is 0 Å². The van der Waals surface area contributed by atoms with Crippen LogP contribution in [0.25, 0.3) is 27.8 Å². The zero-order valence-corrected chi connectivity index (χ0v) is 12.6. The van der Waals surface area contributed by atoms with Gasteiger partial charge in [-0.2, -0.15) is 0 Å². The second-order valence-corrected chi connectivity index (χ2v) is 5.41. The minimum absolute atomic E-state index is 0.257. The van der Waals surface area contributed by atoms with E-state index in [-0.39, 0.29) is 5.82 Å². The Hall–Kier alpha value is -3.01. The molecule has 2 heterocycles. The van der Waals surface area contributed by atoms with Crippen LogP contribution < -0.4 is 0 Å². The van der Waals surface area contributed by atoms with Crippen molar-refractivity contribution in [1.29, 1.82) is 0 Å². The SMILES string of the molecule is Cc1nc2ccc(F)cc2n1-c1ccc(-c2ccncc2)cc1. The van der Waals surface area contributed by atoms with Crippen molar-refractivity contribution in [3.8, 4) is 16.8 Å². The van der Waals surface area contributed by atoms with Crippen LogP contribution in [0.1, 0.15) is 5.82 Å². The highest BCUT2D eigenvalue weighted by Crippen LogP contribution is 2.25. The predicted molar refractivity (Wildman–Crippen MR) is 89.0 cm³/mol. The number of fused-ring (bicyclic) bond motifs is 1. The lowest BCUT2D eigenvalue weighted by molar-refractivity contribution is 0.629. The highest BCUT2D eigenvalue weighted by Gasteiger charge is 2.10. The molecule has 0 fully saturated rings. The third kappa shape index (κ3) is 2.38. The lowest BCUT2D eigenvalue weighted by atomic mass is 10.1. The first-order valence-corrected chi connectivity index (χ1v) is 7.38. The van der Waals surface area contributed by atoms with Gasteiger partial charge in [-0.3, -0.25) is 9.55 Å². The number of aromatic nitrogens is 3. The average molecular weight is 303 g/mol. The minimum atomic E-state index is -0.257. The van der Waals surface area contributed by atoms with Gasteiger partial charge in [0.05, 0.1) is 11.0 Å². The van der Waals surface area contributed by atoms with Gasteiger partial charge in [-0.25, -0.2) is 9.37 Å². The monoisotopic (exact) mass is 303 g/mol. The minimum Gasteiger partial charge on any atom is -0.296 e. The molecule has 2 aromatic heterocycles. The molecule has 0 aliphatic rings. The second kappa shape index (κ2) is 5.32. The number of aryl methyl sites for hydroxylation is 1. The number of rotatable bonds is 2. The van der Waals surface area contributed by atoms with Crippen molar-refractivity contribution in [2.75, 3.05) is 0 Å². The van der Waals surface area contributed by atoms with E-state index < -0.39 is 0 Å². The van der Waals surface area contributed by atoms with Gasteiger partial charge in [-0.05, 0) is 54.4 Å². The summed E-state index contributed by atoms with van der Waals surface area (Å²) in [6.07, 6.45) is 3.55. The summed E-state index contributed by atoms with van der Waals surface area (Å²) in [5, 5.41) is 0. The largest absolute Gasteiger partial charge is 0.296 e. The van der Waals surface area contributed by atoms with Crippen molar-refractivity contribution in [1.82, 2.24) is 14.5 Å². The van der Waals surface area contributed by atoms with Gasteiger partial charge in [0, 0.05) is 24.1 Å². The molecule has 4 aromatic rings. The Balaban J connectivity index is 1.83. The molecule has 0 atom stereocenters. The lowest BCUT2D eigenvalue weighted by Gasteiger charge is -2.08. The van der Waals surface area contributed by atoms with Crippen molar-refractivity contribution >= 4 is 11.0 Å². The maximum absolute atomic E-state index is 13.6. The first-order valence-electron chi connectivity index (χ1n) is 7.38. The van der Waals surface area contributed by atoms with E-state index in [4.69, 9.17) is 0 Å². The number of benzene rings is 2. The van der Waals surface area contributed by atoms with Gasteiger partial charge in [-0.15, -0.1) is 0 Å². The zero-order chi connectivity index (χ0) is 15.8. The van der Waals surface area contributed by atoms with Gasteiger partial charge in [0.1, 0.15) is 11.6 Å². The van der Waals surface area contributed by atoms with Crippen molar-refractivity contribution in [3.63, 3.8) is 0 Å². The Bertz CT molecular complexity index is 973. The summed E-state index contributed by atoms with van der Waals surface area (Å²) in [6, 6.07) is 16.8. The summed E-state index contributed by atoms with van der Waals surface area (Å²) >= 11 is 0. The fourth-order valence-corrected chi connectivity index (χ4v) is 2.84. The van der Waals surface area contributed by atoms with Crippen LogP contribution in [0.5, 0.6) is 0 Å². The summed E-state index contributed by atoms with van der Waals surface area (Å²) < 4.78 is 15.5. The van der Waals surface area contributed by atoms with Crippen molar-refractivity contribution in [3.05, 3.63) is 78.6 Å². The van der Waals surface area contributed by atoms with E-state index in [1.165, 1.54) is 12.1 Å². The molecule has 2 aromatic carbocycles. The van der Waals surface area contributed by atoms with Crippen LogP contribution in [0, 0.1) is 12.7 Å². The van der Waals surface area contributed by atoms with Crippen LogP contribution in [-0.2, 0) is 0 Å². The molecule has 0 aliphatic heterocycles. The summed E-state index contributed by atoms with van der Waals surface area (Å²) in [5.74, 6) is 0.578. The summed E-state index contributed by atoms with van der Waals surface area (Å²) in [7, 11) is 0. The average Bonchev–Trinajstić information content (AvgIpc) is 2.91. The molecule has 0 saturated carbocycles. The molecule has 0 N–H and O–H groups in total. The molecule has 112 valence electrons. The Morgan fingerprint density at radius 2 is 1.57 bits per heavy atom. The molecule has 0 amide bonds. The molecular weight excluding hydrogens is 289 g/mol. The summed E-state index contributed by atoms with van der Waals surface area (Å²) in [6.45, 7) is 1.93. The number of hydrogen-bond donors (Lipinski definition) is 0. The predicted octanol–water partition coefficient (Wildman–Crippen LogP) is 4.54. The molecule has 3 nitrogen and oxygen atoms in total. The van der Waals surface area contributed by atoms with Crippen LogP contribution >= 0.6 is 0 Å². The number of hydrogen-bond acceptors (Lipinski definition) is 2. The topological polar surface area (TPSA) is 30.7 Å². The quantitative estimate of drug-likeness (QED) is 0.544. The molecule has 0 radical (unpaired) electrons. The third-order valence-electron chi connectivity index (χ3n) is 3.92. The molecule has 0 spiro atoms. The Labute approximate surface area is 133 Å². The van der Waals surface area contributed by atoms with Crippen molar-refractivity contribution in [2.24, 2.45) is 0 Å². The Kier molecular flexibility index (Phi) is 3.15. The molecule has 23 heavy (non-hydrogen) atoms. The normalized spacial score (nSPS) is 11.0. The van der Waals surface area contributed by atoms with Crippen LogP contribution in [0.15, 0.2) is 67.0 Å². The lowest BCUT2D eigenvalue weighted by Crippen LogP contribution is -1.97. The van der Waals surface area contributed by atoms with Crippen LogP contribution in [0.4, 0.5) is 4.39 Å². The van der Waals surface area contributed by atoms with E-state index in [1.54, 1.807) is 18.5 Å². The molecule has 4 heteroatoms. The number of halogens is 1. The highest BCUT2D eigenvalue weighted by molar-refractivity contribution is 5.78. The summed E-state index contributed by atoms with van der Waals surface area (Å²) in [4.78, 5) is 8.53. The molecule has 0 aliphatic carbocycles. The number of imidazole rings is 1. The van der Waals surface area contributed by atoms with Gasteiger partial charge in [0.15, 0.2) is 0 Å². The maximum atomic E-state index is 13.6. The second-order valence-electron chi connectivity index (χ2n) is 5.41. The standard InChI is InChI=1S/C19H14FN3/c1-13-22-18-7-4-16(20)12-19(18)23(13)17-5-2-14(3-6-17)15-8-10-21-11-9-15/h2-12H,1H3. The first-order chi connectivity index (χ1) is 11.2. The molecule has 0 saturated heterocycles. The first kappa shape index (κ1) is 13.6. The zero-order valence-electron chi connectivity index (χ0n) is 12.6. The highest BCUT2D eigenvalue weighted by atomic mass is 19.1. The fraction of sp³-hybridized carbons (Fsp3) is 0.0526. The smallest absolute Gasteiger partial charge is 0.125 e. The molecule has 4 rings (SSSR count). The van der Waals surface area contributed by atoms with Crippen LogP contribution in [-0.4, -0.2) is 14.5 Å². The van der Waals surface area contributed by atoms with E-state index in [0.29, 0.717) is 0 Å². The molecular formula is C19H14FN3. The third-order valence-corrected chi connectivity index (χ3v) is 3.92. The summed E-state index contributed by atoms with van der Waals surface area (Å²) in [5.41, 5.74) is 4.77. The van der Waals surface area contributed by atoms with E-state index in [0.717, 1.165) is 33.7 Å². The van der Waals surface area contributed by atoms with Crippen molar-refractivity contribution < 1.29 is 4.39 Å². The fourth-order valence-electron chi connectivity index (χ4n) is 2.84. The van der Waals surface area contributed by atoms with Gasteiger partial charge in [0.2, 0.25) is 0 Å². The van der Waals surface area contributed by atoms with E-state index in [2.05, 4.69) is 22.1 Å². The van der Waals surface area contributed by atoms with Gasteiger partial charge in [0.25, 0.3) is 0 Å². The van der Waals surface area contributed by atoms with E-state index in [9.17, 15) is 4.39 Å². The molecule has 0 bridgehead atoms. The molecule has 0 unspecified atom stereocenters. The van der Waals surface area contributed by atoms with E-state index in [1.807, 2.05) is 35.8 Å². The van der Waals surface area contributed by atoms with Crippen LogP contribution in [0.2, 0.25) is 0 Å². The van der Waals surface area contributed by atoms with Gasteiger partial charge < -0.3 is 0 Å². The number of pyridine rings is 1. The van der Waals surface area contributed by atoms with Crippen molar-refractivity contribution in [2.45, 2.75) is 6.92 Å².